The average molecular weight is 247 g/mol. The molecule has 6 heteroatoms. The van der Waals surface area contributed by atoms with E-state index in [0.717, 1.165) is 5.56 Å². The van der Waals surface area contributed by atoms with Crippen LogP contribution in [0.3, 0.4) is 0 Å². The van der Waals surface area contributed by atoms with Gasteiger partial charge in [0.25, 0.3) is 0 Å². The van der Waals surface area contributed by atoms with E-state index in [1.807, 2.05) is 0 Å². The standard InChI is InChI=1S/C12H13N3O3/c1-7-9(11(16)18-2)10(15-12(17)14-7)8-4-3-5-13-6-8/h3-6,10H,1-2H3,(H2,14,15,17)/t10-/m0/s1. The number of methoxy groups -OCH3 is 1. The SMILES string of the molecule is COC(=O)C1=C(C)NC(=O)N[C@H]1c1cccnc1. The third kappa shape index (κ3) is 2.17. The van der Waals surface area contributed by atoms with Gasteiger partial charge in [-0.15, -0.1) is 0 Å². The summed E-state index contributed by atoms with van der Waals surface area (Å²) in [5.41, 5.74) is 1.59. The Hall–Kier alpha value is -2.37. The molecule has 18 heavy (non-hydrogen) atoms. The Bertz CT molecular complexity index is 511. The molecule has 0 aliphatic carbocycles. The highest BCUT2D eigenvalue weighted by atomic mass is 16.5. The molecule has 0 saturated carbocycles. The Labute approximate surface area is 104 Å². The lowest BCUT2D eigenvalue weighted by molar-refractivity contribution is -0.136. The maximum Gasteiger partial charge on any atom is 0.337 e. The molecule has 2 N–H and O–H groups in total. The van der Waals surface area contributed by atoms with Crippen LogP contribution in [0.1, 0.15) is 18.5 Å². The van der Waals surface area contributed by atoms with E-state index < -0.39 is 12.0 Å². The highest BCUT2D eigenvalue weighted by Crippen LogP contribution is 2.26. The third-order valence-corrected chi connectivity index (χ3v) is 2.69. The second-order valence-corrected chi connectivity index (χ2v) is 3.85. The van der Waals surface area contributed by atoms with Gasteiger partial charge < -0.3 is 15.4 Å². The van der Waals surface area contributed by atoms with Gasteiger partial charge in [-0.2, -0.15) is 0 Å². The van der Waals surface area contributed by atoms with Crippen molar-refractivity contribution in [2.45, 2.75) is 13.0 Å². The van der Waals surface area contributed by atoms with Gasteiger partial charge in [-0.1, -0.05) is 6.07 Å². The first-order valence-electron chi connectivity index (χ1n) is 5.40. The molecule has 2 heterocycles. The predicted molar refractivity (Wildman–Crippen MR) is 63.4 cm³/mol. The number of hydrogen-bond donors (Lipinski definition) is 2. The summed E-state index contributed by atoms with van der Waals surface area (Å²) in [6.07, 6.45) is 3.23. The van der Waals surface area contributed by atoms with Gasteiger partial charge >= 0.3 is 12.0 Å². The number of nitrogens with zero attached hydrogens (tertiary/aromatic N) is 1. The fourth-order valence-corrected chi connectivity index (χ4v) is 1.87. The van der Waals surface area contributed by atoms with Crippen LogP contribution < -0.4 is 10.6 Å². The predicted octanol–water partition coefficient (Wildman–Crippen LogP) is 0.882. The van der Waals surface area contributed by atoms with Gasteiger partial charge in [-0.25, -0.2) is 9.59 Å². The number of carbonyl (C=O) groups is 2. The van der Waals surface area contributed by atoms with Crippen molar-refractivity contribution in [3.05, 3.63) is 41.4 Å². The maximum absolute atomic E-state index is 11.8. The molecule has 0 unspecified atom stereocenters. The second-order valence-electron chi connectivity index (χ2n) is 3.85. The number of allylic oxidation sites excluding steroid dienone is 1. The van der Waals surface area contributed by atoms with Crippen LogP contribution >= 0.6 is 0 Å². The summed E-state index contributed by atoms with van der Waals surface area (Å²) in [4.78, 5) is 27.2. The minimum absolute atomic E-state index is 0.353. The lowest BCUT2D eigenvalue weighted by atomic mass is 9.97. The molecule has 6 nitrogen and oxygen atoms in total. The topological polar surface area (TPSA) is 80.3 Å². The summed E-state index contributed by atoms with van der Waals surface area (Å²) in [5.74, 6) is -0.478. The average Bonchev–Trinajstić information content (AvgIpc) is 2.38. The van der Waals surface area contributed by atoms with Crippen LogP contribution in [0.2, 0.25) is 0 Å². The number of nitrogens with one attached hydrogen (secondary N) is 2. The van der Waals surface area contributed by atoms with E-state index in [4.69, 9.17) is 4.74 Å². The quantitative estimate of drug-likeness (QED) is 0.760. The minimum Gasteiger partial charge on any atom is -0.466 e. The van der Waals surface area contributed by atoms with Gasteiger partial charge in [-0.05, 0) is 18.6 Å². The Morgan fingerprint density at radius 2 is 2.28 bits per heavy atom. The normalized spacial score (nSPS) is 19.0. The molecule has 2 rings (SSSR count). The highest BCUT2D eigenvalue weighted by molar-refractivity contribution is 5.94. The van der Waals surface area contributed by atoms with Crippen molar-refractivity contribution in [3.8, 4) is 0 Å². The maximum atomic E-state index is 11.8. The van der Waals surface area contributed by atoms with E-state index in [1.54, 1.807) is 31.5 Å². The lowest BCUT2D eigenvalue weighted by Gasteiger charge is -2.27. The van der Waals surface area contributed by atoms with Crippen LogP contribution in [-0.4, -0.2) is 24.1 Å². The van der Waals surface area contributed by atoms with E-state index in [0.29, 0.717) is 11.3 Å². The Kier molecular flexibility index (Phi) is 3.27. The van der Waals surface area contributed by atoms with Gasteiger partial charge in [0.2, 0.25) is 0 Å². The van der Waals surface area contributed by atoms with E-state index in [2.05, 4.69) is 15.6 Å². The number of ether oxygens (including phenoxy) is 1. The van der Waals surface area contributed by atoms with Gasteiger partial charge in [0.1, 0.15) is 0 Å². The number of aromatic nitrogens is 1. The third-order valence-electron chi connectivity index (χ3n) is 2.69. The molecular weight excluding hydrogens is 234 g/mol. The van der Waals surface area contributed by atoms with Crippen molar-refractivity contribution in [1.82, 2.24) is 15.6 Å². The number of hydrogen-bond acceptors (Lipinski definition) is 4. The second kappa shape index (κ2) is 4.87. The fraction of sp³-hybridized carbons (Fsp3) is 0.250. The molecule has 0 saturated heterocycles. The summed E-state index contributed by atoms with van der Waals surface area (Å²) < 4.78 is 4.74. The minimum atomic E-state index is -0.542. The van der Waals surface area contributed by atoms with Crippen molar-refractivity contribution in [2.75, 3.05) is 7.11 Å². The Balaban J connectivity index is 2.46. The van der Waals surface area contributed by atoms with E-state index in [1.165, 1.54) is 7.11 Å². The van der Waals surface area contributed by atoms with E-state index >= 15 is 0 Å². The van der Waals surface area contributed by atoms with Crippen molar-refractivity contribution in [3.63, 3.8) is 0 Å². The zero-order chi connectivity index (χ0) is 13.1. The van der Waals surface area contributed by atoms with Crippen LogP contribution in [0.15, 0.2) is 35.8 Å². The first kappa shape index (κ1) is 12.1. The van der Waals surface area contributed by atoms with Crippen molar-refractivity contribution < 1.29 is 14.3 Å². The monoisotopic (exact) mass is 247 g/mol. The molecule has 1 aromatic rings. The number of pyridine rings is 1. The van der Waals surface area contributed by atoms with E-state index in [-0.39, 0.29) is 6.03 Å². The molecule has 2 amide bonds. The molecule has 1 atom stereocenters. The van der Waals surface area contributed by atoms with Gasteiger partial charge in [0.05, 0.1) is 18.7 Å². The van der Waals surface area contributed by atoms with Crippen LogP contribution in [-0.2, 0) is 9.53 Å². The Morgan fingerprint density at radius 1 is 1.50 bits per heavy atom. The first-order valence-corrected chi connectivity index (χ1v) is 5.40. The molecule has 0 fully saturated rings. The van der Waals surface area contributed by atoms with Crippen LogP contribution in [0.5, 0.6) is 0 Å². The molecule has 0 radical (unpaired) electrons. The van der Waals surface area contributed by atoms with Crippen LogP contribution in [0.4, 0.5) is 4.79 Å². The summed E-state index contributed by atoms with van der Waals surface area (Å²) in [5, 5.41) is 5.23. The van der Waals surface area contributed by atoms with Gasteiger partial charge in [0, 0.05) is 18.1 Å². The fourth-order valence-electron chi connectivity index (χ4n) is 1.87. The zero-order valence-corrected chi connectivity index (χ0v) is 10.1. The van der Waals surface area contributed by atoms with E-state index in [9.17, 15) is 9.59 Å². The number of esters is 1. The molecule has 94 valence electrons. The number of carbonyl (C=O) groups excluding carboxylic acids is 2. The zero-order valence-electron chi connectivity index (χ0n) is 10.1. The molecule has 0 spiro atoms. The summed E-state index contributed by atoms with van der Waals surface area (Å²) >= 11 is 0. The summed E-state index contributed by atoms with van der Waals surface area (Å²) in [7, 11) is 1.30. The van der Waals surface area contributed by atoms with Gasteiger partial charge in [-0.3, -0.25) is 4.98 Å². The Morgan fingerprint density at radius 3 is 2.89 bits per heavy atom. The summed E-state index contributed by atoms with van der Waals surface area (Å²) in [6.45, 7) is 1.66. The number of amides is 2. The number of urea groups is 1. The lowest BCUT2D eigenvalue weighted by Crippen LogP contribution is -2.45. The molecule has 0 bridgehead atoms. The van der Waals surface area contributed by atoms with Crippen LogP contribution in [0.25, 0.3) is 0 Å². The smallest absolute Gasteiger partial charge is 0.337 e. The van der Waals surface area contributed by atoms with Crippen LogP contribution in [0, 0.1) is 0 Å². The first-order chi connectivity index (χ1) is 8.63. The highest BCUT2D eigenvalue weighted by Gasteiger charge is 2.31. The van der Waals surface area contributed by atoms with Crippen molar-refractivity contribution >= 4 is 12.0 Å². The van der Waals surface area contributed by atoms with Crippen molar-refractivity contribution in [2.24, 2.45) is 0 Å². The molecule has 0 aromatic carbocycles. The molecule has 1 aliphatic rings. The number of rotatable bonds is 2. The summed E-state index contributed by atoms with van der Waals surface area (Å²) in [6, 6.07) is 2.64. The largest absolute Gasteiger partial charge is 0.466 e. The molecular formula is C12H13N3O3. The van der Waals surface area contributed by atoms with Gasteiger partial charge in [0.15, 0.2) is 0 Å². The van der Waals surface area contributed by atoms with Crippen molar-refractivity contribution in [1.29, 1.82) is 0 Å². The molecule has 1 aliphatic heterocycles. The molecule has 1 aromatic heterocycles.